The predicted octanol–water partition coefficient (Wildman–Crippen LogP) is 3.35. The number of carbonyl (C=O) groups is 1. The summed E-state index contributed by atoms with van der Waals surface area (Å²) in [6, 6.07) is 12.0. The Morgan fingerprint density at radius 2 is 2.12 bits per heavy atom. The number of fused-ring (bicyclic) bond motifs is 1. The van der Waals surface area contributed by atoms with Gasteiger partial charge in [0.15, 0.2) is 0 Å². The van der Waals surface area contributed by atoms with E-state index in [9.17, 15) is 4.79 Å². The van der Waals surface area contributed by atoms with Gasteiger partial charge in [0.25, 0.3) is 0 Å². The Morgan fingerprint density at radius 3 is 2.92 bits per heavy atom. The maximum absolute atomic E-state index is 12.4. The van der Waals surface area contributed by atoms with Crippen LogP contribution in [-0.4, -0.2) is 54.0 Å². The van der Waals surface area contributed by atoms with Crippen molar-refractivity contribution in [2.45, 2.75) is 26.8 Å². The molecule has 3 rings (SSSR count). The van der Waals surface area contributed by atoms with E-state index in [2.05, 4.69) is 35.1 Å². The molecule has 1 atom stereocenters. The minimum absolute atomic E-state index is 0.0257. The summed E-state index contributed by atoms with van der Waals surface area (Å²) in [5.74, 6) is 1.27. The Balaban J connectivity index is 1.46. The molecule has 1 aromatic heterocycles. The van der Waals surface area contributed by atoms with E-state index in [0.29, 0.717) is 18.4 Å². The number of likely N-dealkylation sites (tertiary alicyclic amines) is 1. The summed E-state index contributed by atoms with van der Waals surface area (Å²) in [6.45, 7) is 9.19. The van der Waals surface area contributed by atoms with E-state index < -0.39 is 0 Å². The summed E-state index contributed by atoms with van der Waals surface area (Å²) in [6.07, 6.45) is 1.18. The van der Waals surface area contributed by atoms with Gasteiger partial charge in [0.1, 0.15) is 0 Å². The fourth-order valence-electron chi connectivity index (χ4n) is 3.72. The van der Waals surface area contributed by atoms with Crippen molar-refractivity contribution in [3.8, 4) is 0 Å². The van der Waals surface area contributed by atoms with Gasteiger partial charge in [-0.2, -0.15) is 0 Å². The summed E-state index contributed by atoms with van der Waals surface area (Å²) < 4.78 is 0. The summed E-state index contributed by atoms with van der Waals surface area (Å²) in [4.78, 5) is 21.3. The quantitative estimate of drug-likeness (QED) is 0.865. The van der Waals surface area contributed by atoms with E-state index in [1.54, 1.807) is 0 Å². The molecule has 1 aliphatic rings. The highest BCUT2D eigenvalue weighted by Crippen LogP contribution is 2.18. The first-order valence-corrected chi connectivity index (χ1v) is 9.57. The molecule has 0 spiro atoms. The highest BCUT2D eigenvalue weighted by atomic mass is 16.2. The highest BCUT2D eigenvalue weighted by Gasteiger charge is 2.25. The van der Waals surface area contributed by atoms with Gasteiger partial charge in [0.05, 0.1) is 17.8 Å². The molecule has 1 unspecified atom stereocenters. The second-order valence-corrected chi connectivity index (χ2v) is 7.84. The largest absolute Gasteiger partial charge is 0.332 e. The van der Waals surface area contributed by atoms with Crippen LogP contribution in [0.3, 0.4) is 0 Å². The number of aromatic nitrogens is 1. The van der Waals surface area contributed by atoms with Crippen molar-refractivity contribution < 1.29 is 4.79 Å². The first kappa shape index (κ1) is 18.6. The summed E-state index contributed by atoms with van der Waals surface area (Å²) in [5.41, 5.74) is 1.85. The zero-order valence-corrected chi connectivity index (χ0v) is 16.1. The molecule has 0 saturated carbocycles. The third-order valence-corrected chi connectivity index (χ3v) is 4.95. The van der Waals surface area contributed by atoms with Crippen molar-refractivity contribution in [2.75, 3.05) is 33.2 Å². The van der Waals surface area contributed by atoms with E-state index in [1.807, 2.05) is 42.3 Å². The Hall–Kier alpha value is -2.14. The zero-order chi connectivity index (χ0) is 18.5. The number of carbonyl (C=O) groups excluding carboxylic acids is 1. The number of amides is 2. The molecular formula is C21H30N4O. The Kier molecular flexibility index (Phi) is 6.09. The number of hydrogen-bond acceptors (Lipinski definition) is 3. The number of para-hydroxylation sites is 1. The lowest BCUT2D eigenvalue weighted by molar-refractivity contribution is 0.198. The smallest absolute Gasteiger partial charge is 0.317 e. The van der Waals surface area contributed by atoms with Crippen LogP contribution in [0.4, 0.5) is 4.79 Å². The van der Waals surface area contributed by atoms with E-state index in [-0.39, 0.29) is 6.03 Å². The topological polar surface area (TPSA) is 48.5 Å². The number of rotatable bonds is 6. The third-order valence-electron chi connectivity index (χ3n) is 4.95. The first-order valence-electron chi connectivity index (χ1n) is 9.57. The van der Waals surface area contributed by atoms with Crippen LogP contribution in [0.5, 0.6) is 0 Å². The molecule has 0 aliphatic carbocycles. The second kappa shape index (κ2) is 8.49. The van der Waals surface area contributed by atoms with Crippen molar-refractivity contribution in [2.24, 2.45) is 11.8 Å². The number of benzene rings is 1. The molecule has 1 fully saturated rings. The average molecular weight is 354 g/mol. The standard InChI is InChI=1S/C21H30N4O/c1-16(2)13-25-11-10-17(15-25)14-24(3)21(26)22-12-19-9-8-18-6-4-5-7-20(18)23-19/h4-9,16-17H,10-15H2,1-3H3,(H,22,26). The van der Waals surface area contributed by atoms with Gasteiger partial charge in [-0.3, -0.25) is 4.98 Å². The van der Waals surface area contributed by atoms with Crippen LogP contribution in [0.2, 0.25) is 0 Å². The van der Waals surface area contributed by atoms with E-state index in [1.165, 1.54) is 6.42 Å². The number of pyridine rings is 1. The van der Waals surface area contributed by atoms with Gasteiger partial charge in [-0.05, 0) is 36.9 Å². The maximum atomic E-state index is 12.4. The summed E-state index contributed by atoms with van der Waals surface area (Å²) in [5, 5.41) is 4.11. The molecular weight excluding hydrogens is 324 g/mol. The number of nitrogens with zero attached hydrogens (tertiary/aromatic N) is 3. The molecule has 5 nitrogen and oxygen atoms in total. The van der Waals surface area contributed by atoms with E-state index in [4.69, 9.17) is 0 Å². The molecule has 5 heteroatoms. The van der Waals surface area contributed by atoms with E-state index >= 15 is 0 Å². The number of nitrogens with one attached hydrogen (secondary N) is 1. The minimum atomic E-state index is -0.0257. The third kappa shape index (κ3) is 4.94. The molecule has 26 heavy (non-hydrogen) atoms. The van der Waals surface area contributed by atoms with Crippen LogP contribution in [0, 0.1) is 11.8 Å². The van der Waals surface area contributed by atoms with Crippen LogP contribution in [0.15, 0.2) is 36.4 Å². The second-order valence-electron chi connectivity index (χ2n) is 7.84. The molecule has 1 aromatic carbocycles. The van der Waals surface area contributed by atoms with Crippen molar-refractivity contribution in [1.82, 2.24) is 20.1 Å². The lowest BCUT2D eigenvalue weighted by Gasteiger charge is -2.22. The van der Waals surface area contributed by atoms with Gasteiger partial charge in [-0.25, -0.2) is 4.79 Å². The Bertz CT molecular complexity index is 746. The molecule has 0 bridgehead atoms. The van der Waals surface area contributed by atoms with Gasteiger partial charge >= 0.3 is 6.03 Å². The van der Waals surface area contributed by atoms with Gasteiger partial charge in [0, 0.05) is 32.1 Å². The molecule has 0 radical (unpaired) electrons. The van der Waals surface area contributed by atoms with Crippen molar-refractivity contribution in [3.05, 3.63) is 42.1 Å². The van der Waals surface area contributed by atoms with Gasteiger partial charge in [-0.15, -0.1) is 0 Å². The van der Waals surface area contributed by atoms with Crippen LogP contribution >= 0.6 is 0 Å². The molecule has 1 saturated heterocycles. The molecule has 1 aliphatic heterocycles. The highest BCUT2D eigenvalue weighted by molar-refractivity contribution is 5.78. The van der Waals surface area contributed by atoms with Crippen LogP contribution in [-0.2, 0) is 6.54 Å². The maximum Gasteiger partial charge on any atom is 0.317 e. The average Bonchev–Trinajstić information content (AvgIpc) is 3.05. The van der Waals surface area contributed by atoms with Crippen LogP contribution in [0.1, 0.15) is 26.0 Å². The number of hydrogen-bond donors (Lipinski definition) is 1. The minimum Gasteiger partial charge on any atom is -0.332 e. The van der Waals surface area contributed by atoms with Crippen molar-refractivity contribution in [3.63, 3.8) is 0 Å². The predicted molar refractivity (Wildman–Crippen MR) is 106 cm³/mol. The lowest BCUT2D eigenvalue weighted by Crippen LogP contribution is -2.40. The van der Waals surface area contributed by atoms with E-state index in [0.717, 1.165) is 42.8 Å². The molecule has 140 valence electrons. The zero-order valence-electron chi connectivity index (χ0n) is 16.1. The summed E-state index contributed by atoms with van der Waals surface area (Å²) >= 11 is 0. The normalized spacial score (nSPS) is 17.8. The molecule has 1 N–H and O–H groups in total. The lowest BCUT2D eigenvalue weighted by atomic mass is 10.1. The molecule has 2 heterocycles. The first-order chi connectivity index (χ1) is 12.5. The van der Waals surface area contributed by atoms with Crippen molar-refractivity contribution >= 4 is 16.9 Å². The van der Waals surface area contributed by atoms with Gasteiger partial charge in [-0.1, -0.05) is 38.1 Å². The van der Waals surface area contributed by atoms with Crippen LogP contribution in [0.25, 0.3) is 10.9 Å². The molecule has 2 aromatic rings. The van der Waals surface area contributed by atoms with Crippen molar-refractivity contribution in [1.29, 1.82) is 0 Å². The Morgan fingerprint density at radius 1 is 1.31 bits per heavy atom. The summed E-state index contributed by atoms with van der Waals surface area (Å²) in [7, 11) is 1.88. The van der Waals surface area contributed by atoms with Gasteiger partial charge in [0.2, 0.25) is 0 Å². The van der Waals surface area contributed by atoms with Gasteiger partial charge < -0.3 is 15.1 Å². The monoisotopic (exact) mass is 354 g/mol. The SMILES string of the molecule is CC(C)CN1CCC(CN(C)C(=O)NCc2ccc3ccccc3n2)C1. The number of urea groups is 1. The Labute approximate surface area is 156 Å². The van der Waals surface area contributed by atoms with Crippen LogP contribution < -0.4 is 5.32 Å². The molecule has 2 amide bonds. The fourth-order valence-corrected chi connectivity index (χ4v) is 3.72. The fraction of sp³-hybridized carbons (Fsp3) is 0.524.